The smallest absolute Gasteiger partial charge is 0.233 e. The zero-order valence-electron chi connectivity index (χ0n) is 11.2. The van der Waals surface area contributed by atoms with Crippen molar-refractivity contribution < 1.29 is 9.13 Å². The van der Waals surface area contributed by atoms with E-state index in [0.717, 1.165) is 11.3 Å². The fourth-order valence-corrected chi connectivity index (χ4v) is 2.33. The molecule has 2 rings (SSSR count). The van der Waals surface area contributed by atoms with Gasteiger partial charge < -0.3 is 10.1 Å². The predicted molar refractivity (Wildman–Crippen MR) is 78.2 cm³/mol. The summed E-state index contributed by atoms with van der Waals surface area (Å²) in [6.07, 6.45) is 0.607. The van der Waals surface area contributed by atoms with Crippen LogP contribution in [0.3, 0.4) is 0 Å². The Balaban J connectivity index is 2.21. The van der Waals surface area contributed by atoms with Gasteiger partial charge in [-0.2, -0.15) is 5.10 Å². The van der Waals surface area contributed by atoms with E-state index in [4.69, 9.17) is 4.74 Å². The van der Waals surface area contributed by atoms with E-state index < -0.39 is 0 Å². The largest absolute Gasteiger partial charge is 0.480 e. The highest BCUT2D eigenvalue weighted by Crippen LogP contribution is 2.25. The van der Waals surface area contributed by atoms with Crippen molar-refractivity contribution in [3.05, 3.63) is 51.9 Å². The number of halogens is 2. The molecule has 0 aliphatic carbocycles. The number of hydrogen-bond acceptors (Lipinski definition) is 4. The Labute approximate surface area is 125 Å². The number of nitrogens with one attached hydrogen (secondary N) is 1. The minimum absolute atomic E-state index is 0.0495. The van der Waals surface area contributed by atoms with Crippen LogP contribution in [-0.2, 0) is 6.42 Å². The summed E-state index contributed by atoms with van der Waals surface area (Å²) in [7, 11) is 3.38. The van der Waals surface area contributed by atoms with E-state index in [1.807, 2.05) is 19.2 Å². The molecule has 106 valence electrons. The summed E-state index contributed by atoms with van der Waals surface area (Å²) in [5, 5.41) is 11.2. The van der Waals surface area contributed by atoms with Crippen LogP contribution in [0.1, 0.15) is 17.3 Å². The second-order valence-corrected chi connectivity index (χ2v) is 5.05. The van der Waals surface area contributed by atoms with Crippen molar-refractivity contribution in [2.75, 3.05) is 14.2 Å². The van der Waals surface area contributed by atoms with E-state index in [0.29, 0.717) is 16.8 Å². The second kappa shape index (κ2) is 6.76. The monoisotopic (exact) mass is 339 g/mol. The molecule has 1 aromatic heterocycles. The average Bonchev–Trinajstić information content (AvgIpc) is 2.49. The number of aromatic nitrogens is 2. The van der Waals surface area contributed by atoms with Gasteiger partial charge in [0.05, 0.1) is 23.3 Å². The second-order valence-electron chi connectivity index (χ2n) is 4.26. The van der Waals surface area contributed by atoms with Crippen LogP contribution in [0.5, 0.6) is 5.88 Å². The fraction of sp³-hybridized carbons (Fsp3) is 0.286. The normalized spacial score (nSPS) is 12.2. The van der Waals surface area contributed by atoms with Gasteiger partial charge in [0.25, 0.3) is 0 Å². The third kappa shape index (κ3) is 3.32. The van der Waals surface area contributed by atoms with Gasteiger partial charge in [-0.15, -0.1) is 5.10 Å². The Morgan fingerprint density at radius 1 is 1.30 bits per heavy atom. The van der Waals surface area contributed by atoms with Crippen molar-refractivity contribution in [2.24, 2.45) is 0 Å². The minimum Gasteiger partial charge on any atom is -0.480 e. The number of likely N-dealkylation sites (N-methyl/N-ethyl adjacent to an activating group) is 1. The lowest BCUT2D eigenvalue weighted by molar-refractivity contribution is 0.389. The molecule has 1 heterocycles. The van der Waals surface area contributed by atoms with Gasteiger partial charge >= 0.3 is 0 Å². The molecule has 1 N–H and O–H groups in total. The molecule has 0 spiro atoms. The van der Waals surface area contributed by atoms with Crippen LogP contribution < -0.4 is 10.1 Å². The van der Waals surface area contributed by atoms with Crippen LogP contribution in [0, 0.1) is 5.82 Å². The molecular weight excluding hydrogens is 325 g/mol. The first kappa shape index (κ1) is 14.9. The molecule has 0 saturated heterocycles. The third-order valence-electron chi connectivity index (χ3n) is 3.03. The molecule has 0 radical (unpaired) electrons. The average molecular weight is 340 g/mol. The zero-order valence-corrected chi connectivity index (χ0v) is 12.8. The molecule has 20 heavy (non-hydrogen) atoms. The van der Waals surface area contributed by atoms with Crippen molar-refractivity contribution in [3.8, 4) is 5.88 Å². The molecule has 0 bridgehead atoms. The lowest BCUT2D eigenvalue weighted by Crippen LogP contribution is -2.20. The highest BCUT2D eigenvalue weighted by Gasteiger charge is 2.15. The van der Waals surface area contributed by atoms with E-state index in [1.165, 1.54) is 6.07 Å². The van der Waals surface area contributed by atoms with Gasteiger partial charge in [0, 0.05) is 6.07 Å². The maximum absolute atomic E-state index is 13.5. The molecule has 2 aromatic rings. The van der Waals surface area contributed by atoms with Crippen LogP contribution >= 0.6 is 15.9 Å². The summed E-state index contributed by atoms with van der Waals surface area (Å²) in [4.78, 5) is 0. The van der Waals surface area contributed by atoms with Gasteiger partial charge in [0.2, 0.25) is 5.88 Å². The molecule has 0 saturated carbocycles. The zero-order chi connectivity index (χ0) is 14.5. The van der Waals surface area contributed by atoms with Crippen LogP contribution in [0.2, 0.25) is 0 Å². The number of hydrogen-bond donors (Lipinski definition) is 1. The first-order valence-electron chi connectivity index (χ1n) is 6.13. The third-order valence-corrected chi connectivity index (χ3v) is 3.92. The first-order valence-corrected chi connectivity index (χ1v) is 6.92. The Morgan fingerprint density at radius 3 is 2.70 bits per heavy atom. The molecule has 6 heteroatoms. The summed E-state index contributed by atoms with van der Waals surface area (Å²) in [6.45, 7) is 0. The number of rotatable bonds is 5. The van der Waals surface area contributed by atoms with Gasteiger partial charge in [-0.05, 0) is 47.1 Å². The number of nitrogens with zero attached hydrogens (tertiary/aromatic N) is 2. The molecule has 1 aromatic carbocycles. The fourth-order valence-electron chi connectivity index (χ4n) is 1.91. The lowest BCUT2D eigenvalue weighted by Gasteiger charge is -2.16. The number of ether oxygens (including phenoxy) is 1. The Bertz CT molecular complexity index is 577. The van der Waals surface area contributed by atoms with E-state index in [1.54, 1.807) is 19.2 Å². The Hall–Kier alpha value is -1.53. The van der Waals surface area contributed by atoms with E-state index in [2.05, 4.69) is 31.4 Å². The van der Waals surface area contributed by atoms with Crippen molar-refractivity contribution in [3.63, 3.8) is 0 Å². The van der Waals surface area contributed by atoms with E-state index in [-0.39, 0.29) is 11.9 Å². The predicted octanol–water partition coefficient (Wildman–Crippen LogP) is 2.89. The summed E-state index contributed by atoms with van der Waals surface area (Å²) < 4.78 is 19.0. The van der Waals surface area contributed by atoms with Crippen molar-refractivity contribution in [2.45, 2.75) is 12.5 Å². The SMILES string of the molecule is CNC(Cc1cccc(F)c1Br)c1ccc(OC)nn1. The molecule has 1 atom stereocenters. The highest BCUT2D eigenvalue weighted by atomic mass is 79.9. The summed E-state index contributed by atoms with van der Waals surface area (Å²) >= 11 is 3.27. The first-order chi connectivity index (χ1) is 9.65. The number of methoxy groups -OCH3 is 1. The molecule has 0 fully saturated rings. The quantitative estimate of drug-likeness (QED) is 0.909. The summed E-state index contributed by atoms with van der Waals surface area (Å²) in [6, 6.07) is 8.56. The topological polar surface area (TPSA) is 47.0 Å². The molecule has 0 amide bonds. The Kier molecular flexibility index (Phi) is 5.03. The van der Waals surface area contributed by atoms with Crippen molar-refractivity contribution >= 4 is 15.9 Å². The van der Waals surface area contributed by atoms with E-state index in [9.17, 15) is 4.39 Å². The van der Waals surface area contributed by atoms with Crippen LogP contribution in [-0.4, -0.2) is 24.4 Å². The maximum atomic E-state index is 13.5. The molecule has 1 unspecified atom stereocenters. The number of benzene rings is 1. The molecule has 0 aliphatic heterocycles. The highest BCUT2D eigenvalue weighted by molar-refractivity contribution is 9.10. The van der Waals surface area contributed by atoms with Crippen LogP contribution in [0.4, 0.5) is 4.39 Å². The maximum Gasteiger partial charge on any atom is 0.233 e. The van der Waals surface area contributed by atoms with Crippen molar-refractivity contribution in [1.29, 1.82) is 0 Å². The van der Waals surface area contributed by atoms with Crippen molar-refractivity contribution in [1.82, 2.24) is 15.5 Å². The van der Waals surface area contributed by atoms with Gasteiger partial charge in [-0.3, -0.25) is 0 Å². The standard InChI is InChI=1S/C14H15BrFN3O/c1-17-12(11-6-7-13(20-2)19-18-11)8-9-4-3-5-10(16)14(9)15/h3-7,12,17H,8H2,1-2H3. The Morgan fingerprint density at radius 2 is 2.10 bits per heavy atom. The molecule has 0 aliphatic rings. The van der Waals surface area contributed by atoms with Gasteiger partial charge in [-0.1, -0.05) is 12.1 Å². The molecule has 4 nitrogen and oxygen atoms in total. The van der Waals surface area contributed by atoms with Crippen LogP contribution in [0.15, 0.2) is 34.8 Å². The molecular formula is C14H15BrFN3O. The minimum atomic E-state index is -0.266. The van der Waals surface area contributed by atoms with Crippen LogP contribution in [0.25, 0.3) is 0 Å². The van der Waals surface area contributed by atoms with Gasteiger partial charge in [-0.25, -0.2) is 4.39 Å². The van der Waals surface area contributed by atoms with Gasteiger partial charge in [0.15, 0.2) is 0 Å². The summed E-state index contributed by atoms with van der Waals surface area (Å²) in [5.74, 6) is 0.203. The van der Waals surface area contributed by atoms with Gasteiger partial charge in [0.1, 0.15) is 5.82 Å². The van der Waals surface area contributed by atoms with E-state index >= 15 is 0 Å². The lowest BCUT2D eigenvalue weighted by atomic mass is 10.0. The summed E-state index contributed by atoms with van der Waals surface area (Å²) in [5.41, 5.74) is 1.66.